The summed E-state index contributed by atoms with van der Waals surface area (Å²) >= 11 is 0.876. The highest BCUT2D eigenvalue weighted by molar-refractivity contribution is 14.1. The second-order valence-corrected chi connectivity index (χ2v) is 11.2. The van der Waals surface area contributed by atoms with Crippen LogP contribution in [0.25, 0.3) is 11.0 Å². The number of ether oxygens (including phenoxy) is 2. The van der Waals surface area contributed by atoms with E-state index in [9.17, 15) is 9.35 Å². The number of furan rings is 1. The van der Waals surface area contributed by atoms with Crippen LogP contribution in [0.3, 0.4) is 0 Å². The topological polar surface area (TPSA) is 84.1 Å². The van der Waals surface area contributed by atoms with Crippen LogP contribution in [0.15, 0.2) is 51.3 Å². The van der Waals surface area contributed by atoms with Crippen molar-refractivity contribution in [3.63, 3.8) is 0 Å². The molecule has 6 nitrogen and oxygen atoms in total. The number of hydrogen-bond acceptors (Lipinski definition) is 6. The second-order valence-electron chi connectivity index (χ2n) is 8.12. The van der Waals surface area contributed by atoms with Crippen molar-refractivity contribution in [3.8, 4) is 5.75 Å². The first-order valence-corrected chi connectivity index (χ1v) is 12.4. The molecule has 0 N–H and O–H groups in total. The van der Waals surface area contributed by atoms with Crippen LogP contribution in [-0.2, 0) is 33.9 Å². The highest BCUT2D eigenvalue weighted by atomic mass is 127. The summed E-state index contributed by atoms with van der Waals surface area (Å²) in [6, 6.07) is 13.3. The zero-order valence-corrected chi connectivity index (χ0v) is 21.5. The van der Waals surface area contributed by atoms with Crippen LogP contribution in [0.1, 0.15) is 44.6 Å². The van der Waals surface area contributed by atoms with Gasteiger partial charge in [-0.3, -0.25) is 4.79 Å². The van der Waals surface area contributed by atoms with E-state index in [0.717, 1.165) is 25.7 Å². The summed E-state index contributed by atoms with van der Waals surface area (Å²) < 4.78 is 33.7. The first-order valence-electron chi connectivity index (χ1n) is 10.2. The third kappa shape index (κ3) is 6.49. The molecule has 1 atom stereocenters. The van der Waals surface area contributed by atoms with Gasteiger partial charge in [0.05, 0.1) is 16.6 Å². The Labute approximate surface area is 204 Å². The number of halogens is 1. The molecule has 1 unspecified atom stereocenters. The first kappa shape index (κ1) is 24.6. The molecule has 32 heavy (non-hydrogen) atoms. The van der Waals surface area contributed by atoms with Gasteiger partial charge in [0.1, 0.15) is 40.3 Å². The van der Waals surface area contributed by atoms with E-state index >= 15 is 0 Å². The molecule has 3 aromatic rings. The van der Waals surface area contributed by atoms with E-state index in [1.54, 1.807) is 6.92 Å². The molecule has 0 aliphatic heterocycles. The Morgan fingerprint density at radius 2 is 2.00 bits per heavy atom. The Balaban J connectivity index is 1.76. The highest BCUT2D eigenvalue weighted by Crippen LogP contribution is 2.28. The quantitative estimate of drug-likeness (QED) is 0.153. The number of esters is 1. The highest BCUT2D eigenvalue weighted by Gasteiger charge is 2.26. The third-order valence-corrected chi connectivity index (χ3v) is 6.60. The van der Waals surface area contributed by atoms with Gasteiger partial charge in [0.25, 0.3) is 0 Å². The fraction of sp³-hybridized carbons (Fsp3) is 0.333. The number of hydrogen-bond donors (Lipinski definition) is 0. The zero-order valence-electron chi connectivity index (χ0n) is 18.5. The van der Waals surface area contributed by atoms with Gasteiger partial charge in [-0.05, 0) is 80.1 Å². The van der Waals surface area contributed by atoms with Crippen LogP contribution in [0.2, 0.25) is 0 Å². The smallest absolute Gasteiger partial charge is 0.310 e. The number of carbonyl (C=O) groups excluding carboxylic acids is 1. The maximum Gasteiger partial charge on any atom is 0.310 e. The number of fused-ring (bicyclic) bond motifs is 1. The monoisotopic (exact) mass is 567 g/mol. The Morgan fingerprint density at radius 1 is 1.25 bits per heavy atom. The minimum Gasteiger partial charge on any atom is -0.591 e. The van der Waals surface area contributed by atoms with E-state index in [0.29, 0.717) is 24.7 Å². The van der Waals surface area contributed by atoms with Gasteiger partial charge >= 0.3 is 5.97 Å². The third-order valence-electron chi connectivity index (χ3n) is 4.46. The summed E-state index contributed by atoms with van der Waals surface area (Å²) in [4.78, 5) is 11.9. The Bertz CT molecular complexity index is 1120. The molecule has 0 aliphatic carbocycles. The molecule has 0 radical (unpaired) electrons. The van der Waals surface area contributed by atoms with E-state index < -0.39 is 16.1 Å². The summed E-state index contributed by atoms with van der Waals surface area (Å²) in [5, 5.41) is 0.915. The second kappa shape index (κ2) is 10.7. The standard InChI is InChI=1S/C24H26INO5S/c1-5-29-22(27)13-17-8-6-7-9-21(17)30-15-16-10-18-12-19(31-23(18)20(25)11-16)14-26-32(28)24(2,3)4/h6-12,14H,5,13,15H2,1-4H3. The number of carbonyl (C=O) groups is 1. The van der Waals surface area contributed by atoms with Crippen LogP contribution in [0, 0.1) is 3.57 Å². The molecule has 170 valence electrons. The van der Waals surface area contributed by atoms with Crippen LogP contribution >= 0.6 is 22.6 Å². The maximum atomic E-state index is 12.1. The van der Waals surface area contributed by atoms with E-state index in [4.69, 9.17) is 13.9 Å². The van der Waals surface area contributed by atoms with Gasteiger partial charge in [0.2, 0.25) is 0 Å². The number of benzene rings is 2. The minimum atomic E-state index is -1.35. The maximum absolute atomic E-state index is 12.1. The molecule has 0 saturated carbocycles. The van der Waals surface area contributed by atoms with Gasteiger partial charge in [0, 0.05) is 10.9 Å². The van der Waals surface area contributed by atoms with Crippen molar-refractivity contribution in [3.05, 3.63) is 62.9 Å². The molecule has 8 heteroatoms. The summed E-state index contributed by atoms with van der Waals surface area (Å²) in [7, 11) is 0. The molecule has 0 fully saturated rings. The fourth-order valence-electron chi connectivity index (χ4n) is 2.91. The van der Waals surface area contributed by atoms with Crippen molar-refractivity contribution >= 4 is 57.1 Å². The minimum absolute atomic E-state index is 0.168. The molecule has 0 saturated heterocycles. The van der Waals surface area contributed by atoms with E-state index in [1.165, 1.54) is 6.21 Å². The predicted molar refractivity (Wildman–Crippen MR) is 136 cm³/mol. The summed E-state index contributed by atoms with van der Waals surface area (Å²) in [5.74, 6) is 0.924. The average molecular weight is 567 g/mol. The fourth-order valence-corrected chi connectivity index (χ4v) is 4.25. The van der Waals surface area contributed by atoms with Crippen LogP contribution < -0.4 is 4.74 Å². The molecule has 0 spiro atoms. The molecule has 0 aliphatic rings. The summed E-state index contributed by atoms with van der Waals surface area (Å²) in [6.07, 6.45) is 1.68. The van der Waals surface area contributed by atoms with E-state index in [-0.39, 0.29) is 12.4 Å². The molecular weight excluding hydrogens is 541 g/mol. The van der Waals surface area contributed by atoms with Crippen LogP contribution in [-0.4, -0.2) is 28.1 Å². The van der Waals surface area contributed by atoms with E-state index in [2.05, 4.69) is 27.0 Å². The Kier molecular flexibility index (Phi) is 8.24. The van der Waals surface area contributed by atoms with Crippen LogP contribution in [0.4, 0.5) is 0 Å². The molecule has 2 aromatic carbocycles. The molecular formula is C24H26INO5S. The van der Waals surface area contributed by atoms with Crippen molar-refractivity contribution in [2.24, 2.45) is 4.40 Å². The molecule has 1 heterocycles. The number of para-hydroxylation sites is 1. The predicted octanol–water partition coefficient (Wildman–Crippen LogP) is 5.60. The van der Waals surface area contributed by atoms with Crippen molar-refractivity contribution in [2.75, 3.05) is 6.61 Å². The number of nitrogens with zero attached hydrogens (tertiary/aromatic N) is 1. The lowest BCUT2D eigenvalue weighted by molar-refractivity contribution is -0.142. The van der Waals surface area contributed by atoms with Crippen molar-refractivity contribution in [2.45, 2.75) is 45.5 Å². The Hall–Kier alpha value is -2.04. The van der Waals surface area contributed by atoms with Gasteiger partial charge in [-0.15, -0.1) is 0 Å². The van der Waals surface area contributed by atoms with Crippen molar-refractivity contribution in [1.82, 2.24) is 0 Å². The zero-order chi connectivity index (χ0) is 23.3. The lowest BCUT2D eigenvalue weighted by Gasteiger charge is -2.17. The molecule has 0 bridgehead atoms. The van der Waals surface area contributed by atoms with Gasteiger partial charge in [-0.2, -0.15) is 0 Å². The number of rotatable bonds is 8. The summed E-state index contributed by atoms with van der Waals surface area (Å²) in [6.45, 7) is 8.10. The molecule has 0 amide bonds. The van der Waals surface area contributed by atoms with Gasteiger partial charge < -0.3 is 18.4 Å². The van der Waals surface area contributed by atoms with Crippen molar-refractivity contribution < 1.29 is 23.2 Å². The van der Waals surface area contributed by atoms with E-state index in [1.807, 2.05) is 63.2 Å². The molecule has 1 aromatic heterocycles. The van der Waals surface area contributed by atoms with Crippen LogP contribution in [0.5, 0.6) is 5.75 Å². The average Bonchev–Trinajstić information content (AvgIpc) is 3.14. The van der Waals surface area contributed by atoms with Gasteiger partial charge in [-0.1, -0.05) is 22.6 Å². The first-order chi connectivity index (χ1) is 15.2. The summed E-state index contributed by atoms with van der Waals surface area (Å²) in [5.41, 5.74) is 2.51. The van der Waals surface area contributed by atoms with Crippen molar-refractivity contribution in [1.29, 1.82) is 0 Å². The Morgan fingerprint density at radius 3 is 2.72 bits per heavy atom. The lowest BCUT2D eigenvalue weighted by atomic mass is 10.1. The SMILES string of the molecule is CCOC(=O)Cc1ccccc1OCc1cc(I)c2oc(C=N[S+]([O-])C(C)(C)C)cc2c1. The lowest BCUT2D eigenvalue weighted by Crippen LogP contribution is -2.25. The van der Waals surface area contributed by atoms with Gasteiger partial charge in [0.15, 0.2) is 5.76 Å². The normalized spacial score (nSPS) is 12.9. The molecule has 3 rings (SSSR count). The van der Waals surface area contributed by atoms with Gasteiger partial charge in [-0.25, -0.2) is 0 Å². The largest absolute Gasteiger partial charge is 0.591 e.